The largest absolute Gasteiger partial charge is 0.350 e. The van der Waals surface area contributed by atoms with Crippen LogP contribution in [-0.2, 0) is 0 Å². The van der Waals surface area contributed by atoms with Crippen molar-refractivity contribution in [1.82, 2.24) is 15.2 Å². The minimum absolute atomic E-state index is 0.0378. The van der Waals surface area contributed by atoms with Gasteiger partial charge in [-0.15, -0.1) is 0 Å². The standard InChI is InChI=1S/C13H18BrN3O/c1-10(17-6-2-3-7-17)9-16-13(18)11-4-5-15-12(14)8-11/h4-5,8,10H,2-3,6-7,9H2,1H3,(H,16,18). The Balaban J connectivity index is 1.84. The van der Waals surface area contributed by atoms with E-state index in [0.29, 0.717) is 22.8 Å². The van der Waals surface area contributed by atoms with Crippen molar-refractivity contribution in [2.45, 2.75) is 25.8 Å². The number of amides is 1. The maximum atomic E-state index is 11.9. The van der Waals surface area contributed by atoms with Crippen LogP contribution in [0, 0.1) is 0 Å². The second-order valence-corrected chi connectivity index (χ2v) is 5.48. The first-order valence-corrected chi connectivity index (χ1v) is 7.10. The molecule has 1 aromatic heterocycles. The fraction of sp³-hybridized carbons (Fsp3) is 0.538. The normalized spacial score (nSPS) is 17.7. The van der Waals surface area contributed by atoms with Gasteiger partial charge in [0.05, 0.1) is 0 Å². The molecular weight excluding hydrogens is 294 g/mol. The van der Waals surface area contributed by atoms with E-state index < -0.39 is 0 Å². The topological polar surface area (TPSA) is 45.2 Å². The lowest BCUT2D eigenvalue weighted by molar-refractivity contribution is 0.0940. The van der Waals surface area contributed by atoms with Crippen LogP contribution in [0.1, 0.15) is 30.1 Å². The Morgan fingerprint density at radius 3 is 2.94 bits per heavy atom. The molecule has 0 aliphatic carbocycles. The van der Waals surface area contributed by atoms with Gasteiger partial charge in [0.15, 0.2) is 0 Å². The van der Waals surface area contributed by atoms with Crippen molar-refractivity contribution in [3.8, 4) is 0 Å². The number of hydrogen-bond acceptors (Lipinski definition) is 3. The Morgan fingerprint density at radius 1 is 1.56 bits per heavy atom. The van der Waals surface area contributed by atoms with Gasteiger partial charge in [-0.05, 0) is 60.9 Å². The van der Waals surface area contributed by atoms with Gasteiger partial charge in [0.2, 0.25) is 0 Å². The van der Waals surface area contributed by atoms with Crippen molar-refractivity contribution in [1.29, 1.82) is 0 Å². The summed E-state index contributed by atoms with van der Waals surface area (Å²) in [7, 11) is 0. The summed E-state index contributed by atoms with van der Waals surface area (Å²) < 4.78 is 0.683. The van der Waals surface area contributed by atoms with Crippen molar-refractivity contribution in [3.63, 3.8) is 0 Å². The summed E-state index contributed by atoms with van der Waals surface area (Å²) in [6.45, 7) is 5.16. The molecule has 98 valence electrons. The molecule has 1 aromatic rings. The van der Waals surface area contributed by atoms with Gasteiger partial charge in [0, 0.05) is 24.3 Å². The van der Waals surface area contributed by atoms with Gasteiger partial charge in [-0.1, -0.05) is 0 Å². The van der Waals surface area contributed by atoms with Gasteiger partial charge in [0.25, 0.3) is 5.91 Å². The highest BCUT2D eigenvalue weighted by Crippen LogP contribution is 2.11. The van der Waals surface area contributed by atoms with E-state index >= 15 is 0 Å². The van der Waals surface area contributed by atoms with Crippen LogP contribution in [0.5, 0.6) is 0 Å². The first kappa shape index (κ1) is 13.5. The number of aromatic nitrogens is 1. The molecule has 1 N–H and O–H groups in total. The van der Waals surface area contributed by atoms with Crippen LogP contribution >= 0.6 is 15.9 Å². The summed E-state index contributed by atoms with van der Waals surface area (Å²) in [4.78, 5) is 18.4. The summed E-state index contributed by atoms with van der Waals surface area (Å²) in [6, 6.07) is 3.86. The molecule has 2 heterocycles. The fourth-order valence-corrected chi connectivity index (χ4v) is 2.56. The van der Waals surface area contributed by atoms with E-state index in [2.05, 4.69) is 38.1 Å². The molecule has 1 atom stereocenters. The number of carbonyl (C=O) groups excluding carboxylic acids is 1. The second kappa shape index (κ2) is 6.29. The molecule has 1 saturated heterocycles. The second-order valence-electron chi connectivity index (χ2n) is 4.67. The predicted molar refractivity (Wildman–Crippen MR) is 74.5 cm³/mol. The fourth-order valence-electron chi connectivity index (χ4n) is 2.20. The highest BCUT2D eigenvalue weighted by atomic mass is 79.9. The monoisotopic (exact) mass is 311 g/mol. The summed E-state index contributed by atoms with van der Waals surface area (Å²) in [5.41, 5.74) is 0.644. The van der Waals surface area contributed by atoms with Crippen molar-refractivity contribution >= 4 is 21.8 Å². The molecule has 1 aliphatic heterocycles. The molecule has 0 saturated carbocycles. The molecule has 4 nitrogen and oxygen atoms in total. The lowest BCUT2D eigenvalue weighted by Crippen LogP contribution is -2.40. The Bertz CT molecular complexity index is 418. The summed E-state index contributed by atoms with van der Waals surface area (Å²) in [5, 5.41) is 2.97. The smallest absolute Gasteiger partial charge is 0.251 e. The van der Waals surface area contributed by atoms with E-state index in [1.54, 1.807) is 18.3 Å². The van der Waals surface area contributed by atoms with E-state index in [1.165, 1.54) is 12.8 Å². The van der Waals surface area contributed by atoms with E-state index in [0.717, 1.165) is 13.1 Å². The Kier molecular flexibility index (Phi) is 4.72. The average molecular weight is 312 g/mol. The van der Waals surface area contributed by atoms with Crippen molar-refractivity contribution in [2.75, 3.05) is 19.6 Å². The zero-order valence-electron chi connectivity index (χ0n) is 10.5. The van der Waals surface area contributed by atoms with Crippen LogP contribution in [0.25, 0.3) is 0 Å². The molecule has 0 radical (unpaired) electrons. The van der Waals surface area contributed by atoms with Gasteiger partial charge in [-0.3, -0.25) is 9.69 Å². The molecule has 1 amide bonds. The zero-order chi connectivity index (χ0) is 13.0. The molecule has 1 unspecified atom stereocenters. The zero-order valence-corrected chi connectivity index (χ0v) is 12.1. The maximum Gasteiger partial charge on any atom is 0.251 e. The van der Waals surface area contributed by atoms with E-state index in [4.69, 9.17) is 0 Å². The third-order valence-corrected chi connectivity index (χ3v) is 3.74. The predicted octanol–water partition coefficient (Wildman–Crippen LogP) is 2.06. The third kappa shape index (κ3) is 3.53. The number of nitrogens with zero attached hydrogens (tertiary/aromatic N) is 2. The van der Waals surface area contributed by atoms with Crippen LogP contribution in [0.4, 0.5) is 0 Å². The van der Waals surface area contributed by atoms with Gasteiger partial charge in [0.1, 0.15) is 4.60 Å². The summed E-state index contributed by atoms with van der Waals surface area (Å²) >= 11 is 3.27. The van der Waals surface area contributed by atoms with Crippen LogP contribution < -0.4 is 5.32 Å². The summed E-state index contributed by atoms with van der Waals surface area (Å²) in [6.07, 6.45) is 4.17. The molecule has 1 aliphatic rings. The third-order valence-electron chi connectivity index (χ3n) is 3.31. The van der Waals surface area contributed by atoms with Gasteiger partial charge >= 0.3 is 0 Å². The molecule has 2 rings (SSSR count). The molecular formula is C13H18BrN3O. The van der Waals surface area contributed by atoms with Crippen LogP contribution in [0.15, 0.2) is 22.9 Å². The summed E-state index contributed by atoms with van der Waals surface area (Å²) in [5.74, 6) is -0.0378. The van der Waals surface area contributed by atoms with Crippen LogP contribution in [0.2, 0.25) is 0 Å². The van der Waals surface area contributed by atoms with Gasteiger partial charge in [-0.25, -0.2) is 4.98 Å². The highest BCUT2D eigenvalue weighted by molar-refractivity contribution is 9.10. The number of halogens is 1. The number of nitrogens with one attached hydrogen (secondary N) is 1. The number of likely N-dealkylation sites (tertiary alicyclic amines) is 1. The van der Waals surface area contributed by atoms with Gasteiger partial charge in [-0.2, -0.15) is 0 Å². The molecule has 0 spiro atoms. The van der Waals surface area contributed by atoms with E-state index in [1.807, 2.05) is 0 Å². The molecule has 0 bridgehead atoms. The number of hydrogen-bond donors (Lipinski definition) is 1. The molecule has 5 heteroatoms. The molecule has 18 heavy (non-hydrogen) atoms. The lowest BCUT2D eigenvalue weighted by Gasteiger charge is -2.23. The Labute approximate surface area is 116 Å². The Morgan fingerprint density at radius 2 is 2.28 bits per heavy atom. The van der Waals surface area contributed by atoms with Crippen molar-refractivity contribution in [3.05, 3.63) is 28.5 Å². The minimum Gasteiger partial charge on any atom is -0.350 e. The SMILES string of the molecule is CC(CNC(=O)c1ccnc(Br)c1)N1CCCC1. The maximum absolute atomic E-state index is 11.9. The van der Waals surface area contributed by atoms with Gasteiger partial charge < -0.3 is 5.32 Å². The molecule has 1 fully saturated rings. The molecule has 0 aromatic carbocycles. The van der Waals surface area contributed by atoms with Crippen LogP contribution in [0.3, 0.4) is 0 Å². The number of pyridine rings is 1. The Hall–Kier alpha value is -0.940. The highest BCUT2D eigenvalue weighted by Gasteiger charge is 2.18. The average Bonchev–Trinajstić information content (AvgIpc) is 2.89. The quantitative estimate of drug-likeness (QED) is 0.866. The lowest BCUT2D eigenvalue weighted by atomic mass is 10.2. The van der Waals surface area contributed by atoms with E-state index in [9.17, 15) is 4.79 Å². The number of carbonyl (C=O) groups is 1. The van der Waals surface area contributed by atoms with Crippen molar-refractivity contribution in [2.24, 2.45) is 0 Å². The number of rotatable bonds is 4. The van der Waals surface area contributed by atoms with Crippen LogP contribution in [-0.4, -0.2) is 41.5 Å². The van der Waals surface area contributed by atoms with E-state index in [-0.39, 0.29) is 5.91 Å². The first-order valence-electron chi connectivity index (χ1n) is 6.30. The van der Waals surface area contributed by atoms with Crippen molar-refractivity contribution < 1.29 is 4.79 Å². The minimum atomic E-state index is -0.0378. The first-order chi connectivity index (χ1) is 8.66.